The van der Waals surface area contributed by atoms with E-state index in [0.29, 0.717) is 19.0 Å². The zero-order chi connectivity index (χ0) is 18.2. The maximum absolute atomic E-state index is 13.1. The SMILES string of the molecule is Cc1ccccc1CCNC(=O)C[NH2+][C@@H](c1ccc(F)cc1)C(C)C. The van der Waals surface area contributed by atoms with Crippen LogP contribution in [-0.2, 0) is 11.2 Å². The summed E-state index contributed by atoms with van der Waals surface area (Å²) in [6, 6.07) is 14.9. The summed E-state index contributed by atoms with van der Waals surface area (Å²) in [4.78, 5) is 12.1. The predicted molar refractivity (Wildman–Crippen MR) is 98.7 cm³/mol. The molecule has 0 aliphatic carbocycles. The van der Waals surface area contributed by atoms with Crippen LogP contribution >= 0.6 is 0 Å². The van der Waals surface area contributed by atoms with Gasteiger partial charge in [-0.05, 0) is 36.6 Å². The quantitative estimate of drug-likeness (QED) is 0.761. The van der Waals surface area contributed by atoms with E-state index in [9.17, 15) is 9.18 Å². The van der Waals surface area contributed by atoms with Gasteiger partial charge < -0.3 is 10.6 Å². The Morgan fingerprint density at radius 1 is 1.12 bits per heavy atom. The molecule has 0 saturated heterocycles. The maximum atomic E-state index is 13.1. The van der Waals surface area contributed by atoms with Crippen LogP contribution in [0, 0.1) is 18.7 Å². The van der Waals surface area contributed by atoms with Crippen LogP contribution in [0.5, 0.6) is 0 Å². The molecule has 3 nitrogen and oxygen atoms in total. The van der Waals surface area contributed by atoms with E-state index < -0.39 is 0 Å². The Bertz CT molecular complexity index is 683. The number of halogens is 1. The summed E-state index contributed by atoms with van der Waals surface area (Å²) in [5, 5.41) is 5.01. The first kappa shape index (κ1) is 19.1. The summed E-state index contributed by atoms with van der Waals surface area (Å²) in [5.74, 6) is 0.145. The lowest BCUT2D eigenvalue weighted by molar-refractivity contribution is -0.692. The molecule has 0 bridgehead atoms. The van der Waals surface area contributed by atoms with E-state index in [1.807, 2.05) is 17.4 Å². The molecule has 1 amide bonds. The summed E-state index contributed by atoms with van der Waals surface area (Å²) in [7, 11) is 0. The van der Waals surface area contributed by atoms with Crippen LogP contribution in [0.4, 0.5) is 4.39 Å². The molecular formula is C21H28FN2O+. The van der Waals surface area contributed by atoms with Crippen LogP contribution in [0.3, 0.4) is 0 Å². The Balaban J connectivity index is 1.81. The molecule has 1 atom stereocenters. The van der Waals surface area contributed by atoms with Gasteiger partial charge in [0.15, 0.2) is 6.54 Å². The Morgan fingerprint density at radius 2 is 1.80 bits per heavy atom. The normalized spacial score (nSPS) is 12.2. The van der Waals surface area contributed by atoms with Gasteiger partial charge in [0.25, 0.3) is 5.91 Å². The van der Waals surface area contributed by atoms with Gasteiger partial charge in [0, 0.05) is 18.0 Å². The fourth-order valence-electron chi connectivity index (χ4n) is 3.01. The summed E-state index contributed by atoms with van der Waals surface area (Å²) in [6.45, 7) is 7.32. The summed E-state index contributed by atoms with van der Waals surface area (Å²) in [5.41, 5.74) is 3.56. The van der Waals surface area contributed by atoms with Crippen molar-refractivity contribution in [1.82, 2.24) is 5.32 Å². The number of benzene rings is 2. The van der Waals surface area contributed by atoms with E-state index in [4.69, 9.17) is 0 Å². The molecule has 0 spiro atoms. The van der Waals surface area contributed by atoms with Crippen molar-refractivity contribution in [3.63, 3.8) is 0 Å². The Hall–Kier alpha value is -2.20. The third-order valence-electron chi connectivity index (χ3n) is 4.51. The zero-order valence-electron chi connectivity index (χ0n) is 15.3. The highest BCUT2D eigenvalue weighted by Crippen LogP contribution is 2.17. The van der Waals surface area contributed by atoms with Gasteiger partial charge in [0.2, 0.25) is 0 Å². The van der Waals surface area contributed by atoms with E-state index in [1.54, 1.807) is 12.1 Å². The van der Waals surface area contributed by atoms with Crippen molar-refractivity contribution in [2.45, 2.75) is 33.2 Å². The van der Waals surface area contributed by atoms with E-state index in [0.717, 1.165) is 12.0 Å². The minimum atomic E-state index is -0.236. The molecule has 2 rings (SSSR count). The summed E-state index contributed by atoms with van der Waals surface area (Å²) in [6.07, 6.45) is 0.837. The highest BCUT2D eigenvalue weighted by Gasteiger charge is 2.20. The van der Waals surface area contributed by atoms with Gasteiger partial charge in [-0.15, -0.1) is 0 Å². The highest BCUT2D eigenvalue weighted by atomic mass is 19.1. The second-order valence-electron chi connectivity index (χ2n) is 6.79. The second kappa shape index (κ2) is 9.33. The molecule has 0 fully saturated rings. The van der Waals surface area contributed by atoms with Crippen molar-refractivity contribution in [3.8, 4) is 0 Å². The predicted octanol–water partition coefficient (Wildman–Crippen LogP) is 2.75. The molecule has 0 radical (unpaired) electrons. The fraction of sp³-hybridized carbons (Fsp3) is 0.381. The molecule has 0 heterocycles. The van der Waals surface area contributed by atoms with Crippen molar-refractivity contribution in [3.05, 3.63) is 71.0 Å². The number of carbonyl (C=O) groups is 1. The van der Waals surface area contributed by atoms with Crippen molar-refractivity contribution in [1.29, 1.82) is 0 Å². The van der Waals surface area contributed by atoms with Crippen molar-refractivity contribution in [2.75, 3.05) is 13.1 Å². The number of quaternary nitrogens is 1. The lowest BCUT2D eigenvalue weighted by Gasteiger charge is -2.19. The van der Waals surface area contributed by atoms with Crippen LogP contribution in [0.1, 0.15) is 36.6 Å². The molecule has 0 unspecified atom stereocenters. The van der Waals surface area contributed by atoms with E-state index in [1.165, 1.54) is 23.3 Å². The number of nitrogens with two attached hydrogens (primary N) is 1. The van der Waals surface area contributed by atoms with Crippen molar-refractivity contribution < 1.29 is 14.5 Å². The minimum Gasteiger partial charge on any atom is -0.351 e. The third-order valence-corrected chi connectivity index (χ3v) is 4.51. The molecule has 0 aliphatic heterocycles. The molecule has 0 aromatic heterocycles. The molecule has 3 N–H and O–H groups in total. The first-order valence-electron chi connectivity index (χ1n) is 8.87. The topological polar surface area (TPSA) is 45.7 Å². The van der Waals surface area contributed by atoms with Crippen LogP contribution in [0.2, 0.25) is 0 Å². The molecule has 2 aromatic rings. The number of amides is 1. The van der Waals surface area contributed by atoms with E-state index in [-0.39, 0.29) is 17.8 Å². The Labute approximate surface area is 149 Å². The van der Waals surface area contributed by atoms with Crippen LogP contribution < -0.4 is 10.6 Å². The first-order chi connectivity index (χ1) is 12.0. The van der Waals surface area contributed by atoms with Crippen LogP contribution in [0.15, 0.2) is 48.5 Å². The smallest absolute Gasteiger partial charge is 0.275 e. The number of nitrogens with one attached hydrogen (secondary N) is 1. The average molecular weight is 343 g/mol. The number of hydrogen-bond acceptors (Lipinski definition) is 1. The second-order valence-corrected chi connectivity index (χ2v) is 6.79. The molecular weight excluding hydrogens is 315 g/mol. The number of hydrogen-bond donors (Lipinski definition) is 2. The standard InChI is InChI=1S/C21H27FN2O/c1-15(2)21(18-8-10-19(22)11-9-18)24-14-20(25)23-13-12-17-7-5-4-6-16(17)3/h4-11,15,21,24H,12-14H2,1-3H3,(H,23,25)/p+1/t21-/m1/s1. The third kappa shape index (κ3) is 5.98. The largest absolute Gasteiger partial charge is 0.351 e. The van der Waals surface area contributed by atoms with Crippen LogP contribution in [0.25, 0.3) is 0 Å². The molecule has 4 heteroatoms. The van der Waals surface area contributed by atoms with Crippen LogP contribution in [-0.4, -0.2) is 19.0 Å². The van der Waals surface area contributed by atoms with Crippen molar-refractivity contribution in [2.24, 2.45) is 5.92 Å². The van der Waals surface area contributed by atoms with Gasteiger partial charge in [-0.25, -0.2) is 4.39 Å². The number of carbonyl (C=O) groups excluding carboxylic acids is 1. The van der Waals surface area contributed by atoms with E-state index >= 15 is 0 Å². The lowest BCUT2D eigenvalue weighted by atomic mass is 9.96. The number of aryl methyl sites for hydroxylation is 1. The minimum absolute atomic E-state index is 0.0290. The monoisotopic (exact) mass is 343 g/mol. The van der Waals surface area contributed by atoms with Gasteiger partial charge in [-0.1, -0.05) is 50.2 Å². The first-order valence-corrected chi connectivity index (χ1v) is 8.87. The van der Waals surface area contributed by atoms with Crippen molar-refractivity contribution >= 4 is 5.91 Å². The Morgan fingerprint density at radius 3 is 2.44 bits per heavy atom. The fourth-order valence-corrected chi connectivity index (χ4v) is 3.01. The van der Waals surface area contributed by atoms with Gasteiger partial charge >= 0.3 is 0 Å². The number of rotatable bonds is 8. The lowest BCUT2D eigenvalue weighted by Crippen LogP contribution is -2.88. The molecule has 0 saturated carbocycles. The van der Waals surface area contributed by atoms with E-state index in [2.05, 4.69) is 38.2 Å². The zero-order valence-corrected chi connectivity index (χ0v) is 15.3. The van der Waals surface area contributed by atoms with Gasteiger partial charge in [-0.2, -0.15) is 0 Å². The summed E-state index contributed by atoms with van der Waals surface area (Å²) >= 11 is 0. The molecule has 25 heavy (non-hydrogen) atoms. The summed E-state index contributed by atoms with van der Waals surface area (Å²) < 4.78 is 13.1. The molecule has 134 valence electrons. The molecule has 2 aromatic carbocycles. The molecule has 0 aliphatic rings. The average Bonchev–Trinajstić information content (AvgIpc) is 2.58. The van der Waals surface area contributed by atoms with Gasteiger partial charge in [0.05, 0.1) is 0 Å². The maximum Gasteiger partial charge on any atom is 0.275 e. The van der Waals surface area contributed by atoms with Gasteiger partial charge in [0.1, 0.15) is 11.9 Å². The van der Waals surface area contributed by atoms with Gasteiger partial charge in [-0.3, -0.25) is 4.79 Å². The Kier molecular flexibility index (Phi) is 7.14. The highest BCUT2D eigenvalue weighted by molar-refractivity contribution is 5.76.